The summed E-state index contributed by atoms with van der Waals surface area (Å²) in [5.41, 5.74) is 5.76. The van der Waals surface area contributed by atoms with Crippen LogP contribution in [-0.4, -0.2) is 13.1 Å². The van der Waals surface area contributed by atoms with E-state index in [4.69, 9.17) is 9.47 Å². The molecule has 3 aromatic rings. The molecule has 1 aliphatic heterocycles. The van der Waals surface area contributed by atoms with Crippen LogP contribution in [0.15, 0.2) is 72.3 Å². The van der Waals surface area contributed by atoms with Gasteiger partial charge in [0, 0.05) is 17.0 Å². The van der Waals surface area contributed by atoms with Crippen molar-refractivity contribution in [3.05, 3.63) is 100 Å². The maximum Gasteiger partial charge on any atom is 0.340 e. The van der Waals surface area contributed by atoms with Crippen LogP contribution in [-0.2, 0) is 15.6 Å². The zero-order valence-corrected chi connectivity index (χ0v) is 21.2. The summed E-state index contributed by atoms with van der Waals surface area (Å²) in [5, 5.41) is 0. The molecule has 3 aromatic carbocycles. The molecule has 0 fully saturated rings. The number of benzene rings is 3. The van der Waals surface area contributed by atoms with Crippen molar-refractivity contribution in [2.45, 2.75) is 58.3 Å². The quantitative estimate of drug-likeness (QED) is 0.235. The lowest BCUT2D eigenvalue weighted by Crippen LogP contribution is -2.28. The molecule has 0 saturated heterocycles. The molecule has 0 aliphatic carbocycles. The van der Waals surface area contributed by atoms with Crippen molar-refractivity contribution in [1.82, 2.24) is 0 Å². The van der Waals surface area contributed by atoms with Gasteiger partial charge < -0.3 is 9.47 Å². The average Bonchev–Trinajstić information content (AvgIpc) is 2.78. The van der Waals surface area contributed by atoms with Crippen molar-refractivity contribution < 1.29 is 14.3 Å². The van der Waals surface area contributed by atoms with Crippen LogP contribution in [0, 0.1) is 0 Å². The topological polar surface area (TPSA) is 35.5 Å². The van der Waals surface area contributed by atoms with E-state index in [0.29, 0.717) is 11.3 Å². The SMILES string of the molecule is COc1ccc(/C=C2\C(=O)Oc3c(cc(C(C)(C)C)cc3C(C)(C)C)C2c2ccccc2)cc1. The van der Waals surface area contributed by atoms with Gasteiger partial charge in [-0.2, -0.15) is 0 Å². The Bertz CT molecular complexity index is 1220. The van der Waals surface area contributed by atoms with E-state index in [1.165, 1.54) is 5.56 Å². The normalized spacial score (nSPS) is 17.3. The number of carbonyl (C=O) groups is 1. The van der Waals surface area contributed by atoms with Crippen LogP contribution in [0.1, 0.15) is 75.3 Å². The molecule has 3 nitrogen and oxygen atoms in total. The highest BCUT2D eigenvalue weighted by Crippen LogP contribution is 2.48. The Kier molecular flexibility index (Phi) is 6.16. The van der Waals surface area contributed by atoms with Crippen molar-refractivity contribution in [2.75, 3.05) is 7.11 Å². The van der Waals surface area contributed by atoms with Crippen LogP contribution in [0.4, 0.5) is 0 Å². The van der Waals surface area contributed by atoms with E-state index in [1.807, 2.05) is 48.5 Å². The van der Waals surface area contributed by atoms with Crippen molar-refractivity contribution >= 4 is 12.0 Å². The molecule has 176 valence electrons. The molecule has 4 rings (SSSR count). The summed E-state index contributed by atoms with van der Waals surface area (Å²) in [4.78, 5) is 13.5. The molecule has 0 radical (unpaired) electrons. The first-order chi connectivity index (χ1) is 16.0. The van der Waals surface area contributed by atoms with Gasteiger partial charge >= 0.3 is 5.97 Å². The van der Waals surface area contributed by atoms with Crippen LogP contribution in [0.3, 0.4) is 0 Å². The lowest BCUT2D eigenvalue weighted by molar-refractivity contribution is -0.131. The minimum absolute atomic E-state index is 0.0441. The molecule has 1 heterocycles. The highest BCUT2D eigenvalue weighted by Gasteiger charge is 2.38. The Labute approximate surface area is 203 Å². The second kappa shape index (κ2) is 8.79. The third kappa shape index (κ3) is 4.65. The van der Waals surface area contributed by atoms with Crippen molar-refractivity contribution in [3.63, 3.8) is 0 Å². The predicted molar refractivity (Wildman–Crippen MR) is 139 cm³/mol. The van der Waals surface area contributed by atoms with Crippen LogP contribution >= 0.6 is 0 Å². The first-order valence-corrected chi connectivity index (χ1v) is 11.8. The predicted octanol–water partition coefficient (Wildman–Crippen LogP) is 7.42. The molecule has 34 heavy (non-hydrogen) atoms. The molecular formula is C31H34O3. The van der Waals surface area contributed by atoms with Crippen LogP contribution in [0.5, 0.6) is 11.5 Å². The standard InChI is InChI=1S/C31H34O3/c1-30(2,3)22-18-24-27(21-11-9-8-10-12-21)25(17-20-13-15-23(33-7)16-14-20)29(32)34-28(24)26(19-22)31(4,5)6/h8-19,27H,1-7H3/b25-17-. The zero-order chi connectivity index (χ0) is 24.7. The number of methoxy groups -OCH3 is 1. The molecule has 1 aliphatic rings. The van der Waals surface area contributed by atoms with E-state index in [1.54, 1.807) is 7.11 Å². The molecule has 0 saturated carbocycles. The van der Waals surface area contributed by atoms with Gasteiger partial charge in [-0.05, 0) is 45.7 Å². The fourth-order valence-corrected chi connectivity index (χ4v) is 4.43. The van der Waals surface area contributed by atoms with Gasteiger partial charge in [0.25, 0.3) is 0 Å². The lowest BCUT2D eigenvalue weighted by atomic mass is 9.74. The van der Waals surface area contributed by atoms with Gasteiger partial charge in [-0.15, -0.1) is 0 Å². The largest absolute Gasteiger partial charge is 0.497 e. The van der Waals surface area contributed by atoms with Gasteiger partial charge in [-0.3, -0.25) is 0 Å². The number of esters is 1. The summed E-state index contributed by atoms with van der Waals surface area (Å²) in [6.45, 7) is 13.2. The third-order valence-electron chi connectivity index (χ3n) is 6.42. The molecule has 0 N–H and O–H groups in total. The van der Waals surface area contributed by atoms with Crippen LogP contribution in [0.25, 0.3) is 6.08 Å². The van der Waals surface area contributed by atoms with E-state index in [0.717, 1.165) is 28.0 Å². The summed E-state index contributed by atoms with van der Waals surface area (Å²) >= 11 is 0. The fraction of sp³-hybridized carbons (Fsp3) is 0.323. The van der Waals surface area contributed by atoms with Gasteiger partial charge in [0.1, 0.15) is 11.5 Å². The second-order valence-corrected chi connectivity index (χ2v) is 11.0. The fourth-order valence-electron chi connectivity index (χ4n) is 4.43. The third-order valence-corrected chi connectivity index (χ3v) is 6.42. The summed E-state index contributed by atoms with van der Waals surface area (Å²) in [7, 11) is 1.65. The monoisotopic (exact) mass is 454 g/mol. The molecule has 0 amide bonds. The van der Waals surface area contributed by atoms with Gasteiger partial charge in [-0.1, -0.05) is 96.1 Å². The highest BCUT2D eigenvalue weighted by atomic mass is 16.5. The Morgan fingerprint density at radius 3 is 2.06 bits per heavy atom. The summed E-state index contributed by atoms with van der Waals surface area (Å²) < 4.78 is 11.4. The first kappa shape index (κ1) is 23.8. The Balaban J connectivity index is 2.00. The minimum Gasteiger partial charge on any atom is -0.497 e. The van der Waals surface area contributed by atoms with E-state index >= 15 is 0 Å². The number of rotatable bonds is 3. The van der Waals surface area contributed by atoms with E-state index in [-0.39, 0.29) is 22.7 Å². The summed E-state index contributed by atoms with van der Waals surface area (Å²) in [6.07, 6.45) is 1.95. The number of fused-ring (bicyclic) bond motifs is 1. The van der Waals surface area contributed by atoms with E-state index in [9.17, 15) is 4.79 Å². The Morgan fingerprint density at radius 1 is 0.853 bits per heavy atom. The second-order valence-electron chi connectivity index (χ2n) is 11.0. The van der Waals surface area contributed by atoms with Gasteiger partial charge in [-0.25, -0.2) is 4.79 Å². The van der Waals surface area contributed by atoms with Crippen molar-refractivity contribution in [3.8, 4) is 11.5 Å². The van der Waals surface area contributed by atoms with Crippen LogP contribution < -0.4 is 9.47 Å². The van der Waals surface area contributed by atoms with Gasteiger partial charge in [0.15, 0.2) is 0 Å². The zero-order valence-electron chi connectivity index (χ0n) is 21.2. The smallest absolute Gasteiger partial charge is 0.340 e. The van der Waals surface area contributed by atoms with Gasteiger partial charge in [0.2, 0.25) is 0 Å². The molecule has 1 unspecified atom stereocenters. The number of hydrogen-bond donors (Lipinski definition) is 0. The number of carbonyl (C=O) groups excluding carboxylic acids is 1. The maximum absolute atomic E-state index is 13.5. The molecular weight excluding hydrogens is 420 g/mol. The average molecular weight is 455 g/mol. The molecule has 0 bridgehead atoms. The van der Waals surface area contributed by atoms with Crippen LogP contribution in [0.2, 0.25) is 0 Å². The minimum atomic E-state index is -0.300. The van der Waals surface area contributed by atoms with E-state index < -0.39 is 0 Å². The molecule has 1 atom stereocenters. The van der Waals surface area contributed by atoms with Crippen molar-refractivity contribution in [1.29, 1.82) is 0 Å². The lowest BCUT2D eigenvalue weighted by Gasteiger charge is -2.34. The first-order valence-electron chi connectivity index (χ1n) is 11.8. The number of ether oxygens (including phenoxy) is 2. The van der Waals surface area contributed by atoms with Gasteiger partial charge in [0.05, 0.1) is 12.7 Å². The number of hydrogen-bond acceptors (Lipinski definition) is 3. The Morgan fingerprint density at radius 2 is 1.50 bits per heavy atom. The van der Waals surface area contributed by atoms with Crippen molar-refractivity contribution in [2.24, 2.45) is 0 Å². The summed E-state index contributed by atoms with van der Waals surface area (Å²) in [5.74, 6) is 0.961. The van der Waals surface area contributed by atoms with E-state index in [2.05, 4.69) is 65.8 Å². The Hall–Kier alpha value is -3.33. The maximum atomic E-state index is 13.5. The highest BCUT2D eigenvalue weighted by molar-refractivity contribution is 6.00. The molecule has 0 spiro atoms. The molecule has 3 heteroatoms. The molecule has 0 aromatic heterocycles. The summed E-state index contributed by atoms with van der Waals surface area (Å²) in [6, 6.07) is 22.4.